The van der Waals surface area contributed by atoms with E-state index in [1.807, 2.05) is 18.0 Å². The summed E-state index contributed by atoms with van der Waals surface area (Å²) in [6, 6.07) is 0. The van der Waals surface area contributed by atoms with E-state index in [2.05, 4.69) is 13.0 Å². The van der Waals surface area contributed by atoms with E-state index in [1.165, 1.54) is 16.7 Å². The number of hydrogen-bond acceptors (Lipinski definition) is 3. The van der Waals surface area contributed by atoms with Crippen molar-refractivity contribution in [3.63, 3.8) is 0 Å². The first kappa shape index (κ1) is 8.21. The van der Waals surface area contributed by atoms with Gasteiger partial charge in [-0.1, -0.05) is 13.0 Å². The fraction of sp³-hybridized carbons (Fsp3) is 0.571. The Morgan fingerprint density at radius 2 is 2.60 bits per heavy atom. The highest BCUT2D eigenvalue weighted by atomic mass is 32.2. The van der Waals surface area contributed by atoms with Crippen molar-refractivity contribution in [1.82, 2.24) is 0 Å². The van der Waals surface area contributed by atoms with Gasteiger partial charge in [0.2, 0.25) is 0 Å². The topological polar surface area (TPSA) is 23.9 Å². The molecular formula is C7H11NS2. The van der Waals surface area contributed by atoms with Crippen LogP contribution in [0.15, 0.2) is 11.0 Å². The molecule has 1 atom stereocenters. The first-order valence-corrected chi connectivity index (χ1v) is 5.34. The molecule has 1 aliphatic heterocycles. The Bertz CT molecular complexity index is 174. The Morgan fingerprint density at radius 1 is 1.90 bits per heavy atom. The summed E-state index contributed by atoms with van der Waals surface area (Å²) in [5.41, 5.74) is 0. The van der Waals surface area contributed by atoms with Gasteiger partial charge >= 0.3 is 0 Å². The SMILES string of the molecule is CSC(=N)C1=CCC(C)S1. The van der Waals surface area contributed by atoms with Crippen molar-refractivity contribution in [3.8, 4) is 0 Å². The maximum Gasteiger partial charge on any atom is 0.100 e. The zero-order valence-corrected chi connectivity index (χ0v) is 7.81. The molecule has 1 aliphatic rings. The Labute approximate surface area is 70.2 Å². The lowest BCUT2D eigenvalue weighted by Gasteiger charge is -2.01. The van der Waals surface area contributed by atoms with Crippen molar-refractivity contribution >= 4 is 28.6 Å². The molecule has 3 heteroatoms. The Balaban J connectivity index is 2.51. The smallest absolute Gasteiger partial charge is 0.100 e. The largest absolute Gasteiger partial charge is 0.293 e. The van der Waals surface area contributed by atoms with Crippen LogP contribution in [0.4, 0.5) is 0 Å². The average molecular weight is 173 g/mol. The lowest BCUT2D eigenvalue weighted by Crippen LogP contribution is -1.90. The van der Waals surface area contributed by atoms with E-state index in [-0.39, 0.29) is 0 Å². The van der Waals surface area contributed by atoms with E-state index in [1.54, 1.807) is 0 Å². The molecular weight excluding hydrogens is 162 g/mol. The first-order chi connectivity index (χ1) is 4.74. The molecule has 0 saturated heterocycles. The fourth-order valence-electron chi connectivity index (χ4n) is 0.833. The molecule has 1 rings (SSSR count). The molecule has 56 valence electrons. The summed E-state index contributed by atoms with van der Waals surface area (Å²) in [5, 5.41) is 8.90. The summed E-state index contributed by atoms with van der Waals surface area (Å²) >= 11 is 3.33. The van der Waals surface area contributed by atoms with Gasteiger partial charge in [-0.2, -0.15) is 0 Å². The molecule has 0 fully saturated rings. The zero-order chi connectivity index (χ0) is 7.56. The van der Waals surface area contributed by atoms with Gasteiger partial charge in [0.25, 0.3) is 0 Å². The van der Waals surface area contributed by atoms with Gasteiger partial charge in [-0.3, -0.25) is 5.41 Å². The summed E-state index contributed by atoms with van der Waals surface area (Å²) in [4.78, 5) is 1.17. The second-order valence-corrected chi connectivity index (χ2v) is 4.56. The van der Waals surface area contributed by atoms with Crippen molar-refractivity contribution in [2.75, 3.05) is 6.26 Å². The third-order valence-corrected chi connectivity index (χ3v) is 3.37. The maximum atomic E-state index is 7.50. The molecule has 0 aromatic rings. The summed E-state index contributed by atoms with van der Waals surface area (Å²) in [6.45, 7) is 2.20. The van der Waals surface area contributed by atoms with E-state index in [9.17, 15) is 0 Å². The molecule has 0 spiro atoms. The van der Waals surface area contributed by atoms with Crippen LogP contribution in [-0.2, 0) is 0 Å². The van der Waals surface area contributed by atoms with Gasteiger partial charge in [-0.25, -0.2) is 0 Å². The predicted molar refractivity (Wildman–Crippen MR) is 51.0 cm³/mol. The lowest BCUT2D eigenvalue weighted by molar-refractivity contribution is 1.00. The molecule has 1 nitrogen and oxygen atoms in total. The minimum absolute atomic E-state index is 0.683. The third-order valence-electron chi connectivity index (χ3n) is 1.39. The molecule has 0 amide bonds. The summed E-state index contributed by atoms with van der Waals surface area (Å²) < 4.78 is 0. The van der Waals surface area contributed by atoms with Crippen LogP contribution < -0.4 is 0 Å². The number of rotatable bonds is 1. The van der Waals surface area contributed by atoms with Crippen molar-refractivity contribution in [3.05, 3.63) is 11.0 Å². The van der Waals surface area contributed by atoms with E-state index in [0.717, 1.165) is 6.42 Å². The van der Waals surface area contributed by atoms with Crippen LogP contribution in [0, 0.1) is 5.41 Å². The summed E-state index contributed by atoms with van der Waals surface area (Å²) in [5.74, 6) is 0. The van der Waals surface area contributed by atoms with E-state index in [4.69, 9.17) is 5.41 Å². The Morgan fingerprint density at radius 3 is 3.00 bits per heavy atom. The average Bonchev–Trinajstić information content (AvgIpc) is 2.34. The number of hydrogen-bond donors (Lipinski definition) is 1. The molecule has 1 N–H and O–H groups in total. The fourth-order valence-corrected chi connectivity index (χ4v) is 2.44. The molecule has 0 bridgehead atoms. The predicted octanol–water partition coefficient (Wildman–Crippen LogP) is 2.74. The van der Waals surface area contributed by atoms with Crippen molar-refractivity contribution < 1.29 is 0 Å². The highest BCUT2D eigenvalue weighted by molar-refractivity contribution is 8.17. The van der Waals surface area contributed by atoms with E-state index >= 15 is 0 Å². The Hall–Kier alpha value is 0.110. The molecule has 0 radical (unpaired) electrons. The molecule has 0 aliphatic carbocycles. The number of nitrogens with one attached hydrogen (secondary N) is 1. The van der Waals surface area contributed by atoms with E-state index in [0.29, 0.717) is 10.3 Å². The molecule has 1 unspecified atom stereocenters. The Kier molecular flexibility index (Phi) is 2.86. The summed E-state index contributed by atoms with van der Waals surface area (Å²) in [6.07, 6.45) is 5.24. The van der Waals surface area contributed by atoms with Crippen LogP contribution in [-0.4, -0.2) is 16.5 Å². The van der Waals surface area contributed by atoms with Crippen LogP contribution in [0.3, 0.4) is 0 Å². The standard InChI is InChI=1S/C7H11NS2/c1-5-3-4-6(10-5)7(8)9-2/h4-5,8H,3H2,1-2H3. The van der Waals surface area contributed by atoms with Gasteiger partial charge in [0, 0.05) is 10.2 Å². The third kappa shape index (κ3) is 1.80. The van der Waals surface area contributed by atoms with Crippen LogP contribution >= 0.6 is 23.5 Å². The maximum absolute atomic E-state index is 7.50. The number of allylic oxidation sites excluding steroid dienone is 1. The van der Waals surface area contributed by atoms with Crippen LogP contribution in [0.5, 0.6) is 0 Å². The van der Waals surface area contributed by atoms with Crippen LogP contribution in [0.1, 0.15) is 13.3 Å². The van der Waals surface area contributed by atoms with Gasteiger partial charge in [0.05, 0.1) is 0 Å². The van der Waals surface area contributed by atoms with Crippen LogP contribution in [0.2, 0.25) is 0 Å². The van der Waals surface area contributed by atoms with Gasteiger partial charge in [0.15, 0.2) is 0 Å². The number of thioether (sulfide) groups is 2. The molecule has 1 heterocycles. The van der Waals surface area contributed by atoms with Crippen molar-refractivity contribution in [1.29, 1.82) is 5.41 Å². The van der Waals surface area contributed by atoms with Crippen LogP contribution in [0.25, 0.3) is 0 Å². The first-order valence-electron chi connectivity index (χ1n) is 3.23. The summed E-state index contributed by atoms with van der Waals surface area (Å²) in [7, 11) is 0. The van der Waals surface area contributed by atoms with E-state index < -0.39 is 0 Å². The van der Waals surface area contributed by atoms with Gasteiger partial charge in [-0.05, 0) is 12.7 Å². The molecule has 0 aromatic carbocycles. The van der Waals surface area contributed by atoms with Gasteiger partial charge < -0.3 is 0 Å². The quantitative estimate of drug-likeness (QED) is 0.487. The normalized spacial score (nSPS) is 24.6. The molecule has 10 heavy (non-hydrogen) atoms. The monoisotopic (exact) mass is 173 g/mol. The highest BCUT2D eigenvalue weighted by Gasteiger charge is 2.15. The minimum atomic E-state index is 0.683. The molecule has 0 aromatic heterocycles. The van der Waals surface area contributed by atoms with Crippen molar-refractivity contribution in [2.45, 2.75) is 18.6 Å². The van der Waals surface area contributed by atoms with Crippen molar-refractivity contribution in [2.24, 2.45) is 0 Å². The highest BCUT2D eigenvalue weighted by Crippen LogP contribution is 2.34. The second kappa shape index (κ2) is 3.49. The molecule has 0 saturated carbocycles. The lowest BCUT2D eigenvalue weighted by atomic mass is 10.3. The minimum Gasteiger partial charge on any atom is -0.293 e. The van der Waals surface area contributed by atoms with Gasteiger partial charge in [0.1, 0.15) is 5.04 Å². The van der Waals surface area contributed by atoms with Gasteiger partial charge in [-0.15, -0.1) is 23.5 Å². The second-order valence-electron chi connectivity index (χ2n) is 2.27. The zero-order valence-electron chi connectivity index (χ0n) is 6.18.